The Morgan fingerprint density at radius 3 is 2.48 bits per heavy atom. The number of ether oxygens (including phenoxy) is 2. The largest absolute Gasteiger partial charge is 1.00 e. The number of carbonyl (C=O) groups is 2. The first-order valence-electron chi connectivity index (χ1n) is 12.2. The second-order valence-electron chi connectivity index (χ2n) is 9.30. The molecular formula is C28H25ClF3N2NaO5. The van der Waals surface area contributed by atoms with Crippen LogP contribution in [0.5, 0.6) is 17.2 Å². The van der Waals surface area contributed by atoms with Gasteiger partial charge in [-0.3, -0.25) is 4.79 Å². The first-order valence-corrected chi connectivity index (χ1v) is 12.5. The molecule has 1 aromatic heterocycles. The van der Waals surface area contributed by atoms with Gasteiger partial charge >= 0.3 is 35.7 Å². The van der Waals surface area contributed by atoms with E-state index in [2.05, 4.69) is 4.98 Å². The quantitative estimate of drug-likeness (QED) is 0.282. The fraction of sp³-hybridized carbons (Fsp3) is 0.321. The van der Waals surface area contributed by atoms with Crippen LogP contribution in [-0.2, 0) is 17.4 Å². The number of carboxylic acid groups (broad SMARTS) is 1. The van der Waals surface area contributed by atoms with Crippen LogP contribution in [0.4, 0.5) is 19.0 Å². The number of aromatic nitrogens is 1. The first kappa shape index (κ1) is 31.7. The number of fused-ring (bicyclic) bond motifs is 1. The van der Waals surface area contributed by atoms with Crippen LogP contribution in [0.3, 0.4) is 0 Å². The third kappa shape index (κ3) is 7.48. The Hall–Kier alpha value is -2.79. The second kappa shape index (κ2) is 13.2. The molecule has 0 amide bonds. The monoisotopic (exact) mass is 584 g/mol. The number of hydrogen-bond acceptors (Lipinski definition) is 7. The van der Waals surface area contributed by atoms with Gasteiger partial charge in [-0.2, -0.15) is 13.2 Å². The normalized spacial score (nSPS) is 14.4. The molecule has 206 valence electrons. The molecule has 3 aromatic rings. The van der Waals surface area contributed by atoms with Crippen LogP contribution >= 0.6 is 11.6 Å². The van der Waals surface area contributed by atoms with Crippen LogP contribution in [0.25, 0.3) is 0 Å². The van der Waals surface area contributed by atoms with Gasteiger partial charge in [0.15, 0.2) is 5.78 Å². The molecule has 12 heteroatoms. The number of anilines is 1. The van der Waals surface area contributed by atoms with E-state index in [0.29, 0.717) is 47.5 Å². The number of alkyl halides is 3. The second-order valence-corrected chi connectivity index (χ2v) is 9.71. The van der Waals surface area contributed by atoms with E-state index in [0.717, 1.165) is 6.07 Å². The van der Waals surface area contributed by atoms with Crippen molar-refractivity contribution in [3.8, 4) is 17.2 Å². The molecule has 0 aliphatic carbocycles. The number of nitrogens with zero attached hydrogens (tertiary/aromatic N) is 2. The van der Waals surface area contributed by atoms with Crippen molar-refractivity contribution in [2.75, 3.05) is 25.6 Å². The van der Waals surface area contributed by atoms with Crippen molar-refractivity contribution in [3.05, 3.63) is 75.9 Å². The van der Waals surface area contributed by atoms with Crippen molar-refractivity contribution in [1.82, 2.24) is 4.98 Å². The predicted molar refractivity (Wildman–Crippen MR) is 137 cm³/mol. The zero-order chi connectivity index (χ0) is 28.3. The van der Waals surface area contributed by atoms with Crippen molar-refractivity contribution < 1.29 is 66.9 Å². The summed E-state index contributed by atoms with van der Waals surface area (Å²) in [4.78, 5) is 29.4. The number of carbonyl (C=O) groups excluding carboxylic acids is 2. The summed E-state index contributed by atoms with van der Waals surface area (Å²) in [5.41, 5.74) is 0.558. The van der Waals surface area contributed by atoms with Crippen molar-refractivity contribution in [2.24, 2.45) is 0 Å². The van der Waals surface area contributed by atoms with E-state index in [1.807, 2.05) is 0 Å². The third-order valence-corrected chi connectivity index (χ3v) is 6.61. The molecule has 0 N–H and O–H groups in total. The molecule has 0 bridgehead atoms. The Bertz CT molecular complexity index is 1380. The number of rotatable bonds is 9. The Kier molecular flexibility index (Phi) is 10.5. The van der Waals surface area contributed by atoms with Crippen molar-refractivity contribution in [2.45, 2.75) is 37.8 Å². The Balaban J connectivity index is 0.00000441. The van der Waals surface area contributed by atoms with Crippen molar-refractivity contribution in [1.29, 1.82) is 0 Å². The summed E-state index contributed by atoms with van der Waals surface area (Å²) in [5.74, 6) is -0.861. The van der Waals surface area contributed by atoms with Gasteiger partial charge in [-0.15, -0.1) is 0 Å². The fourth-order valence-electron chi connectivity index (χ4n) is 4.35. The number of aryl methyl sites for hydroxylation is 1. The molecule has 0 radical (unpaired) electrons. The summed E-state index contributed by atoms with van der Waals surface area (Å²) in [5, 5.41) is 11.6. The van der Waals surface area contributed by atoms with E-state index in [1.165, 1.54) is 23.1 Å². The van der Waals surface area contributed by atoms with Gasteiger partial charge in [-0.25, -0.2) is 4.98 Å². The molecule has 2 heterocycles. The van der Waals surface area contributed by atoms with E-state index < -0.39 is 23.8 Å². The van der Waals surface area contributed by atoms with E-state index in [9.17, 15) is 27.9 Å². The number of halogens is 4. The zero-order valence-electron chi connectivity index (χ0n) is 22.2. The predicted octanol–water partition coefficient (Wildman–Crippen LogP) is 2.44. The summed E-state index contributed by atoms with van der Waals surface area (Å²) in [7, 11) is 3.24. The molecule has 40 heavy (non-hydrogen) atoms. The zero-order valence-corrected chi connectivity index (χ0v) is 24.9. The standard InChI is InChI=1S/C28H26ClF3N2O5.Na/c1-34(2)26-17(8-11-25(33-26)28(30,31)32)4-3-5-22(35)16-6-9-18(10-7-16)39-24-15-23-20(14-21(24)29)19(27(36)37)12-13-38-23;/h6-11,14-15,19H,3-5,12-13H2,1-2H3,(H,36,37);/q;+1/p-1. The number of pyridine rings is 1. The van der Waals surface area contributed by atoms with Gasteiger partial charge in [0.1, 0.15) is 28.8 Å². The molecule has 1 aliphatic heterocycles. The van der Waals surface area contributed by atoms with Gasteiger partial charge in [0.2, 0.25) is 0 Å². The Labute approximate surface area is 256 Å². The summed E-state index contributed by atoms with van der Waals surface area (Å²) in [6.07, 6.45) is -3.22. The van der Waals surface area contributed by atoms with Gasteiger partial charge in [0.05, 0.1) is 11.6 Å². The molecule has 0 spiro atoms. The maximum Gasteiger partial charge on any atom is 1.00 e. The molecule has 0 fully saturated rings. The average Bonchev–Trinajstić information content (AvgIpc) is 2.88. The topological polar surface area (TPSA) is 91.8 Å². The average molecular weight is 585 g/mol. The summed E-state index contributed by atoms with van der Waals surface area (Å²) < 4.78 is 50.5. The van der Waals surface area contributed by atoms with E-state index in [1.54, 1.807) is 38.4 Å². The summed E-state index contributed by atoms with van der Waals surface area (Å²) in [6, 6.07) is 11.8. The van der Waals surface area contributed by atoms with Gasteiger partial charge < -0.3 is 24.3 Å². The smallest absolute Gasteiger partial charge is 0.549 e. The summed E-state index contributed by atoms with van der Waals surface area (Å²) >= 11 is 6.32. The van der Waals surface area contributed by atoms with Gasteiger partial charge in [-0.05, 0) is 61.2 Å². The van der Waals surface area contributed by atoms with Crippen LogP contribution in [-0.4, -0.2) is 37.4 Å². The molecule has 2 aromatic carbocycles. The number of benzene rings is 2. The number of Topliss-reactive ketones (excluding diaryl/α,β-unsaturated/α-hetero) is 1. The van der Waals surface area contributed by atoms with E-state index in [-0.39, 0.29) is 65.0 Å². The molecule has 1 unspecified atom stereocenters. The minimum atomic E-state index is -4.53. The molecule has 1 atom stereocenters. The summed E-state index contributed by atoms with van der Waals surface area (Å²) in [6.45, 7) is 0.232. The first-order chi connectivity index (χ1) is 18.4. The van der Waals surface area contributed by atoms with Crippen LogP contribution in [0.15, 0.2) is 48.5 Å². The van der Waals surface area contributed by atoms with Crippen LogP contribution in [0.2, 0.25) is 5.02 Å². The Morgan fingerprint density at radius 2 is 1.85 bits per heavy atom. The minimum Gasteiger partial charge on any atom is -0.549 e. The number of hydrogen-bond donors (Lipinski definition) is 0. The minimum absolute atomic E-state index is 0. The third-order valence-electron chi connectivity index (χ3n) is 6.31. The SMILES string of the molecule is CN(C)c1nc(C(F)(F)F)ccc1CCCC(=O)c1ccc(Oc2cc3c(cc2Cl)C(C(=O)[O-])CCO3)cc1.[Na+]. The molecule has 0 saturated carbocycles. The molecule has 4 rings (SSSR count). The Morgan fingerprint density at radius 1 is 1.15 bits per heavy atom. The van der Waals surface area contributed by atoms with E-state index >= 15 is 0 Å². The van der Waals surface area contributed by atoms with Crippen LogP contribution < -0.4 is 49.0 Å². The van der Waals surface area contributed by atoms with Gasteiger partial charge in [0.25, 0.3) is 0 Å². The van der Waals surface area contributed by atoms with Gasteiger partial charge in [-0.1, -0.05) is 17.7 Å². The molecular weight excluding hydrogens is 560 g/mol. The number of carboxylic acids is 1. The van der Waals surface area contributed by atoms with Crippen molar-refractivity contribution in [3.63, 3.8) is 0 Å². The maximum absolute atomic E-state index is 13.0. The van der Waals surface area contributed by atoms with Crippen molar-refractivity contribution >= 4 is 29.2 Å². The van der Waals surface area contributed by atoms with Gasteiger partial charge in [0, 0.05) is 49.6 Å². The maximum atomic E-state index is 13.0. The molecule has 7 nitrogen and oxygen atoms in total. The number of aliphatic carboxylic acids is 1. The van der Waals surface area contributed by atoms with Crippen LogP contribution in [0.1, 0.15) is 52.4 Å². The fourth-order valence-corrected chi connectivity index (χ4v) is 4.56. The molecule has 0 saturated heterocycles. The number of ketones is 1. The molecule has 1 aliphatic rings. The van der Waals surface area contributed by atoms with Crippen LogP contribution in [0, 0.1) is 0 Å². The van der Waals surface area contributed by atoms with E-state index in [4.69, 9.17) is 21.1 Å².